The van der Waals surface area contributed by atoms with E-state index in [0.29, 0.717) is 35.8 Å². The van der Waals surface area contributed by atoms with E-state index in [1.54, 1.807) is 23.1 Å². The summed E-state index contributed by atoms with van der Waals surface area (Å²) in [4.78, 5) is 30.0. The van der Waals surface area contributed by atoms with E-state index in [9.17, 15) is 19.1 Å². The smallest absolute Gasteiger partial charge is 0.323 e. The van der Waals surface area contributed by atoms with E-state index in [2.05, 4.69) is 27.7 Å². The molecule has 4 rings (SSSR count). The van der Waals surface area contributed by atoms with Gasteiger partial charge in [-0.2, -0.15) is 0 Å². The summed E-state index contributed by atoms with van der Waals surface area (Å²) in [5, 5.41) is 15.2. The van der Waals surface area contributed by atoms with Crippen LogP contribution in [0.4, 0.5) is 20.6 Å². The highest BCUT2D eigenvalue weighted by molar-refractivity contribution is 6.02. The first-order valence-electron chi connectivity index (χ1n) is 13.0. The van der Waals surface area contributed by atoms with Gasteiger partial charge in [0.15, 0.2) is 0 Å². The molecule has 3 aromatic carbocycles. The maximum atomic E-state index is 13.6. The molecule has 0 aromatic heterocycles. The van der Waals surface area contributed by atoms with Crippen LogP contribution >= 0.6 is 0 Å². The van der Waals surface area contributed by atoms with Crippen LogP contribution in [0.25, 0.3) is 0 Å². The van der Waals surface area contributed by atoms with Crippen molar-refractivity contribution in [2.75, 3.05) is 37.4 Å². The molecule has 3 N–H and O–H groups in total. The van der Waals surface area contributed by atoms with Gasteiger partial charge in [0, 0.05) is 36.9 Å². The Morgan fingerprint density at radius 2 is 1.77 bits per heavy atom. The zero-order chi connectivity index (χ0) is 27.9. The van der Waals surface area contributed by atoms with Gasteiger partial charge in [-0.3, -0.25) is 9.69 Å². The number of ether oxygens (including phenoxy) is 1. The third-order valence-corrected chi connectivity index (χ3v) is 6.81. The first-order chi connectivity index (χ1) is 18.7. The fraction of sp³-hybridized carbons (Fsp3) is 0.333. The number of nitrogens with one attached hydrogen (secondary N) is 2. The van der Waals surface area contributed by atoms with Crippen LogP contribution in [0, 0.1) is 11.7 Å². The molecule has 3 atom stereocenters. The number of nitrogens with zero attached hydrogens (tertiary/aromatic N) is 2. The maximum absolute atomic E-state index is 13.6. The summed E-state index contributed by atoms with van der Waals surface area (Å²) in [6.45, 7) is 5.47. The highest BCUT2D eigenvalue weighted by Gasteiger charge is 2.33. The van der Waals surface area contributed by atoms with Gasteiger partial charge < -0.3 is 25.4 Å². The van der Waals surface area contributed by atoms with E-state index in [4.69, 9.17) is 4.74 Å². The molecule has 8 nitrogen and oxygen atoms in total. The summed E-state index contributed by atoms with van der Waals surface area (Å²) in [6.07, 6.45) is -0.223. The number of aliphatic hydroxyl groups is 1. The molecule has 0 saturated heterocycles. The molecule has 0 saturated carbocycles. The number of carbonyl (C=O) groups is 2. The molecule has 0 fully saturated rings. The molecule has 206 valence electrons. The summed E-state index contributed by atoms with van der Waals surface area (Å²) in [7, 11) is 2.04. The Kier molecular flexibility index (Phi) is 9.16. The number of carbonyl (C=O) groups excluding carboxylic acids is 2. The predicted octanol–water partition coefficient (Wildman–Crippen LogP) is 4.82. The summed E-state index contributed by atoms with van der Waals surface area (Å²) >= 11 is 0. The molecule has 0 bridgehead atoms. The molecular weight excluding hydrogens is 499 g/mol. The van der Waals surface area contributed by atoms with Gasteiger partial charge in [0.2, 0.25) is 0 Å². The summed E-state index contributed by atoms with van der Waals surface area (Å²) in [5.74, 6) is -0.267. The lowest BCUT2D eigenvalue weighted by molar-refractivity contribution is 0.0341. The van der Waals surface area contributed by atoms with Crippen molar-refractivity contribution < 1.29 is 23.8 Å². The van der Waals surface area contributed by atoms with E-state index in [1.165, 1.54) is 29.8 Å². The van der Waals surface area contributed by atoms with Crippen molar-refractivity contribution in [2.45, 2.75) is 32.5 Å². The number of benzene rings is 3. The zero-order valence-electron chi connectivity index (χ0n) is 22.4. The third-order valence-electron chi connectivity index (χ3n) is 6.81. The van der Waals surface area contributed by atoms with Crippen LogP contribution in [0.3, 0.4) is 0 Å². The molecule has 1 aliphatic rings. The van der Waals surface area contributed by atoms with Gasteiger partial charge >= 0.3 is 6.03 Å². The lowest BCUT2D eigenvalue weighted by Crippen LogP contribution is -2.49. The molecule has 1 heterocycles. The average molecular weight is 535 g/mol. The van der Waals surface area contributed by atoms with E-state index in [-0.39, 0.29) is 24.5 Å². The Morgan fingerprint density at radius 1 is 1.10 bits per heavy atom. The largest absolute Gasteiger partial charge is 0.488 e. The Morgan fingerprint density at radius 3 is 2.46 bits per heavy atom. The number of hydrogen-bond acceptors (Lipinski definition) is 5. The lowest BCUT2D eigenvalue weighted by Gasteiger charge is -2.38. The third kappa shape index (κ3) is 7.34. The number of hydrogen-bond donors (Lipinski definition) is 3. The maximum Gasteiger partial charge on any atom is 0.323 e. The molecule has 0 aliphatic carbocycles. The SMILES string of the molecule is C[C@H]1CN([C@@H](C)CO)C(=O)c2cc(NC(=O)Nc3ccc(F)cc3)ccc2O[C@H]1CN(C)Cc1ccccc1. The summed E-state index contributed by atoms with van der Waals surface area (Å²) < 4.78 is 19.6. The molecule has 39 heavy (non-hydrogen) atoms. The zero-order valence-corrected chi connectivity index (χ0v) is 22.4. The van der Waals surface area contributed by atoms with Crippen molar-refractivity contribution >= 4 is 23.3 Å². The number of rotatable bonds is 8. The fourth-order valence-electron chi connectivity index (χ4n) is 4.61. The minimum atomic E-state index is -0.532. The highest BCUT2D eigenvalue weighted by Crippen LogP contribution is 2.31. The molecular formula is C30H35FN4O4. The van der Waals surface area contributed by atoms with Crippen LogP contribution in [0.2, 0.25) is 0 Å². The van der Waals surface area contributed by atoms with Gasteiger partial charge in [-0.15, -0.1) is 0 Å². The van der Waals surface area contributed by atoms with Gasteiger partial charge in [-0.1, -0.05) is 37.3 Å². The van der Waals surface area contributed by atoms with Gasteiger partial charge in [0.25, 0.3) is 5.91 Å². The lowest BCUT2D eigenvalue weighted by atomic mass is 9.99. The first kappa shape index (κ1) is 28.1. The Balaban J connectivity index is 1.55. The predicted molar refractivity (Wildman–Crippen MR) is 149 cm³/mol. The van der Waals surface area contributed by atoms with Crippen molar-refractivity contribution in [3.63, 3.8) is 0 Å². The second kappa shape index (κ2) is 12.7. The van der Waals surface area contributed by atoms with Crippen LogP contribution in [-0.2, 0) is 6.54 Å². The number of anilines is 2. The van der Waals surface area contributed by atoms with Gasteiger partial charge in [-0.25, -0.2) is 9.18 Å². The number of urea groups is 1. The average Bonchev–Trinajstić information content (AvgIpc) is 2.92. The van der Waals surface area contributed by atoms with Gasteiger partial charge in [0.05, 0.1) is 18.2 Å². The Labute approximate surface area is 228 Å². The summed E-state index contributed by atoms with van der Waals surface area (Å²) in [6, 6.07) is 19.6. The second-order valence-corrected chi connectivity index (χ2v) is 10.1. The molecule has 1 aliphatic heterocycles. The van der Waals surface area contributed by atoms with Crippen LogP contribution in [0.15, 0.2) is 72.8 Å². The molecule has 0 spiro atoms. The quantitative estimate of drug-likeness (QED) is 0.385. The number of halogens is 1. The first-order valence-corrected chi connectivity index (χ1v) is 13.0. The van der Waals surface area contributed by atoms with Crippen molar-refractivity contribution in [1.29, 1.82) is 0 Å². The van der Waals surface area contributed by atoms with Crippen LogP contribution in [0.1, 0.15) is 29.8 Å². The van der Waals surface area contributed by atoms with Crippen molar-refractivity contribution in [1.82, 2.24) is 9.80 Å². The van der Waals surface area contributed by atoms with E-state index < -0.39 is 17.9 Å². The standard InChI is InChI=1S/C30H35FN4O4/c1-20-16-35(21(2)19-36)29(37)26-15-25(33-30(38)32-24-11-9-23(31)10-12-24)13-14-27(26)39-28(20)18-34(3)17-22-7-5-4-6-8-22/h4-15,20-21,28,36H,16-19H2,1-3H3,(H2,32,33,38)/t20-,21-,28-/m0/s1. The Hall–Kier alpha value is -3.95. The van der Waals surface area contributed by atoms with E-state index in [0.717, 1.165) is 6.54 Å². The van der Waals surface area contributed by atoms with Crippen LogP contribution in [-0.4, -0.2) is 65.7 Å². The summed E-state index contributed by atoms with van der Waals surface area (Å²) in [5.41, 5.74) is 2.32. The van der Waals surface area contributed by atoms with Crippen LogP contribution < -0.4 is 15.4 Å². The monoisotopic (exact) mass is 534 g/mol. The topological polar surface area (TPSA) is 94.1 Å². The fourth-order valence-corrected chi connectivity index (χ4v) is 4.61. The second-order valence-electron chi connectivity index (χ2n) is 10.1. The normalized spacial score (nSPS) is 18.0. The number of likely N-dealkylation sites (N-methyl/N-ethyl adjacent to an activating group) is 1. The van der Waals surface area contributed by atoms with E-state index in [1.807, 2.05) is 39.1 Å². The number of fused-ring (bicyclic) bond motifs is 1. The molecule has 0 unspecified atom stereocenters. The minimum absolute atomic E-state index is 0.00591. The molecule has 0 radical (unpaired) electrons. The Bertz CT molecular complexity index is 1270. The molecule has 9 heteroatoms. The van der Waals surface area contributed by atoms with Gasteiger partial charge in [-0.05, 0) is 62.0 Å². The minimum Gasteiger partial charge on any atom is -0.488 e. The van der Waals surface area contributed by atoms with E-state index >= 15 is 0 Å². The molecule has 3 amide bonds. The van der Waals surface area contributed by atoms with Crippen LogP contribution in [0.5, 0.6) is 5.75 Å². The number of aliphatic hydroxyl groups excluding tert-OH is 1. The molecule has 3 aromatic rings. The highest BCUT2D eigenvalue weighted by atomic mass is 19.1. The van der Waals surface area contributed by atoms with Gasteiger partial charge in [0.1, 0.15) is 17.7 Å². The van der Waals surface area contributed by atoms with Crippen molar-refractivity contribution in [2.24, 2.45) is 5.92 Å². The van der Waals surface area contributed by atoms with Crippen molar-refractivity contribution in [3.05, 3.63) is 89.7 Å². The van der Waals surface area contributed by atoms with Crippen molar-refractivity contribution in [3.8, 4) is 5.75 Å². The number of amides is 3.